The Kier molecular flexibility index (Phi) is 3.39. The normalized spacial score (nSPS) is 10.8. The summed E-state index contributed by atoms with van der Waals surface area (Å²) >= 11 is 0. The highest BCUT2D eigenvalue weighted by Gasteiger charge is 2.12. The molecule has 0 spiro atoms. The molecule has 0 aliphatic heterocycles. The molecule has 0 N–H and O–H groups in total. The van der Waals surface area contributed by atoms with Crippen LogP contribution in [-0.2, 0) is 13.6 Å². The molecule has 3 aromatic rings. The number of aldehydes is 1. The third kappa shape index (κ3) is 2.50. The molecule has 5 heteroatoms. The first kappa shape index (κ1) is 13.3. The number of fused-ring (bicyclic) bond motifs is 1. The van der Waals surface area contributed by atoms with Crippen molar-refractivity contribution in [3.8, 4) is 0 Å². The van der Waals surface area contributed by atoms with E-state index in [0.717, 1.165) is 23.0 Å². The largest absolute Gasteiger partial charge is 0.352 e. The SMILES string of the molecule is CN(Cc1nccn1C)c1nc2ccccc2cc1C=O. The number of aryl methyl sites for hydroxylation is 1. The lowest BCUT2D eigenvalue weighted by Crippen LogP contribution is -2.21. The standard InChI is InChI=1S/C16H16N4O/c1-19-8-7-17-15(19)10-20(2)16-13(11-21)9-12-5-3-4-6-14(12)18-16/h3-9,11H,10H2,1-2H3. The molecular formula is C16H16N4O. The van der Waals surface area contributed by atoms with Crippen molar-refractivity contribution in [2.45, 2.75) is 6.54 Å². The molecule has 3 rings (SSSR count). The molecule has 106 valence electrons. The molecule has 21 heavy (non-hydrogen) atoms. The van der Waals surface area contributed by atoms with Crippen LogP contribution in [0, 0.1) is 0 Å². The van der Waals surface area contributed by atoms with Crippen LogP contribution in [0.5, 0.6) is 0 Å². The zero-order valence-corrected chi connectivity index (χ0v) is 12.0. The minimum Gasteiger partial charge on any atom is -0.352 e. The maximum atomic E-state index is 11.4. The second-order valence-electron chi connectivity index (χ2n) is 5.02. The molecule has 1 aromatic carbocycles. The summed E-state index contributed by atoms with van der Waals surface area (Å²) in [5.74, 6) is 1.59. The number of rotatable bonds is 4. The number of anilines is 1. The zero-order valence-electron chi connectivity index (χ0n) is 12.0. The Morgan fingerprint density at radius 1 is 1.33 bits per heavy atom. The van der Waals surface area contributed by atoms with Crippen LogP contribution in [0.4, 0.5) is 5.82 Å². The van der Waals surface area contributed by atoms with Crippen LogP contribution >= 0.6 is 0 Å². The number of carbonyl (C=O) groups excluding carboxylic acids is 1. The number of imidazole rings is 1. The number of hydrogen-bond donors (Lipinski definition) is 0. The Hall–Kier alpha value is -2.69. The van der Waals surface area contributed by atoms with Gasteiger partial charge in [-0.3, -0.25) is 4.79 Å². The van der Waals surface area contributed by atoms with E-state index in [4.69, 9.17) is 0 Å². The Morgan fingerprint density at radius 3 is 2.86 bits per heavy atom. The van der Waals surface area contributed by atoms with E-state index in [-0.39, 0.29) is 0 Å². The third-order valence-electron chi connectivity index (χ3n) is 3.52. The lowest BCUT2D eigenvalue weighted by Gasteiger charge is -2.20. The lowest BCUT2D eigenvalue weighted by molar-refractivity contribution is 0.112. The fraction of sp³-hybridized carbons (Fsp3) is 0.188. The van der Waals surface area contributed by atoms with Gasteiger partial charge in [0.1, 0.15) is 11.6 Å². The number of pyridine rings is 1. The Morgan fingerprint density at radius 2 is 2.14 bits per heavy atom. The van der Waals surface area contributed by atoms with Crippen LogP contribution in [0.15, 0.2) is 42.7 Å². The fourth-order valence-corrected chi connectivity index (χ4v) is 2.35. The summed E-state index contributed by atoms with van der Waals surface area (Å²) < 4.78 is 1.96. The number of aromatic nitrogens is 3. The van der Waals surface area contributed by atoms with Crippen LogP contribution in [0.1, 0.15) is 16.2 Å². The van der Waals surface area contributed by atoms with Crippen molar-refractivity contribution in [1.29, 1.82) is 0 Å². The maximum absolute atomic E-state index is 11.4. The van der Waals surface area contributed by atoms with Gasteiger partial charge in [0, 0.05) is 31.9 Å². The fourth-order valence-electron chi connectivity index (χ4n) is 2.35. The highest BCUT2D eigenvalue weighted by Crippen LogP contribution is 2.22. The second kappa shape index (κ2) is 5.36. The van der Waals surface area contributed by atoms with Crippen molar-refractivity contribution in [2.75, 3.05) is 11.9 Å². The van der Waals surface area contributed by atoms with E-state index < -0.39 is 0 Å². The molecule has 0 saturated heterocycles. The molecule has 2 heterocycles. The van der Waals surface area contributed by atoms with Crippen molar-refractivity contribution >= 4 is 23.0 Å². The number of para-hydroxylation sites is 1. The van der Waals surface area contributed by atoms with E-state index in [0.29, 0.717) is 17.9 Å². The molecule has 0 fully saturated rings. The molecule has 0 bridgehead atoms. The number of carbonyl (C=O) groups is 1. The summed E-state index contributed by atoms with van der Waals surface area (Å²) in [7, 11) is 3.86. The van der Waals surface area contributed by atoms with Crippen molar-refractivity contribution in [3.05, 3.63) is 54.1 Å². The molecule has 0 saturated carbocycles. The summed E-state index contributed by atoms with van der Waals surface area (Å²) in [5.41, 5.74) is 1.47. The predicted octanol–water partition coefficient (Wildman–Crippen LogP) is 2.42. The molecule has 5 nitrogen and oxygen atoms in total. The molecule has 2 aromatic heterocycles. The van der Waals surface area contributed by atoms with E-state index in [1.165, 1.54) is 0 Å². The van der Waals surface area contributed by atoms with E-state index in [9.17, 15) is 4.79 Å². The topological polar surface area (TPSA) is 51.0 Å². The van der Waals surface area contributed by atoms with Crippen molar-refractivity contribution < 1.29 is 4.79 Å². The molecule has 0 unspecified atom stereocenters. The zero-order chi connectivity index (χ0) is 14.8. The second-order valence-corrected chi connectivity index (χ2v) is 5.02. The van der Waals surface area contributed by atoms with Gasteiger partial charge in [-0.25, -0.2) is 9.97 Å². The van der Waals surface area contributed by atoms with Crippen molar-refractivity contribution in [3.63, 3.8) is 0 Å². The van der Waals surface area contributed by atoms with Gasteiger partial charge in [-0.15, -0.1) is 0 Å². The van der Waals surface area contributed by atoms with Gasteiger partial charge in [0.25, 0.3) is 0 Å². The van der Waals surface area contributed by atoms with E-state index >= 15 is 0 Å². The summed E-state index contributed by atoms with van der Waals surface area (Å²) in [6.45, 7) is 0.593. The highest BCUT2D eigenvalue weighted by molar-refractivity contribution is 5.91. The number of nitrogens with zero attached hydrogens (tertiary/aromatic N) is 4. The molecule has 0 radical (unpaired) electrons. The quantitative estimate of drug-likeness (QED) is 0.689. The van der Waals surface area contributed by atoms with Gasteiger partial charge in [-0.1, -0.05) is 18.2 Å². The average Bonchev–Trinajstić information content (AvgIpc) is 2.91. The van der Waals surface area contributed by atoms with E-state index in [1.807, 2.05) is 60.1 Å². The van der Waals surface area contributed by atoms with Crippen LogP contribution in [0.3, 0.4) is 0 Å². The van der Waals surface area contributed by atoms with Crippen LogP contribution in [0.25, 0.3) is 10.9 Å². The van der Waals surface area contributed by atoms with Gasteiger partial charge in [0.2, 0.25) is 0 Å². The molecule has 0 aliphatic rings. The molecule has 0 atom stereocenters. The van der Waals surface area contributed by atoms with Gasteiger partial charge in [-0.2, -0.15) is 0 Å². The van der Waals surface area contributed by atoms with Crippen LogP contribution in [0.2, 0.25) is 0 Å². The molecular weight excluding hydrogens is 264 g/mol. The minimum atomic E-state index is 0.588. The first-order valence-corrected chi connectivity index (χ1v) is 6.71. The van der Waals surface area contributed by atoms with Gasteiger partial charge >= 0.3 is 0 Å². The monoisotopic (exact) mass is 280 g/mol. The van der Waals surface area contributed by atoms with Crippen LogP contribution < -0.4 is 4.90 Å². The highest BCUT2D eigenvalue weighted by atomic mass is 16.1. The molecule has 0 amide bonds. The lowest BCUT2D eigenvalue weighted by atomic mass is 10.1. The number of benzene rings is 1. The van der Waals surface area contributed by atoms with Crippen molar-refractivity contribution in [1.82, 2.24) is 14.5 Å². The van der Waals surface area contributed by atoms with E-state index in [2.05, 4.69) is 9.97 Å². The maximum Gasteiger partial charge on any atom is 0.153 e. The van der Waals surface area contributed by atoms with Crippen molar-refractivity contribution in [2.24, 2.45) is 7.05 Å². The summed E-state index contributed by atoms with van der Waals surface area (Å²) in [5, 5.41) is 0.966. The molecule has 0 aliphatic carbocycles. The summed E-state index contributed by atoms with van der Waals surface area (Å²) in [6.07, 6.45) is 4.51. The Bertz CT molecular complexity index is 794. The summed E-state index contributed by atoms with van der Waals surface area (Å²) in [6, 6.07) is 9.66. The number of hydrogen-bond acceptors (Lipinski definition) is 4. The minimum absolute atomic E-state index is 0.588. The van der Waals surface area contributed by atoms with Gasteiger partial charge < -0.3 is 9.47 Å². The Balaban J connectivity index is 2.01. The van der Waals surface area contributed by atoms with Gasteiger partial charge in [0.15, 0.2) is 6.29 Å². The smallest absolute Gasteiger partial charge is 0.153 e. The van der Waals surface area contributed by atoms with Gasteiger partial charge in [-0.05, 0) is 12.1 Å². The Labute approximate surface area is 122 Å². The average molecular weight is 280 g/mol. The van der Waals surface area contributed by atoms with E-state index in [1.54, 1.807) is 6.20 Å². The first-order valence-electron chi connectivity index (χ1n) is 6.71. The third-order valence-corrected chi connectivity index (χ3v) is 3.52. The summed E-state index contributed by atoms with van der Waals surface area (Å²) in [4.78, 5) is 22.2. The van der Waals surface area contributed by atoms with Crippen LogP contribution in [-0.4, -0.2) is 27.9 Å². The first-order chi connectivity index (χ1) is 10.2. The van der Waals surface area contributed by atoms with Gasteiger partial charge in [0.05, 0.1) is 17.6 Å². The predicted molar refractivity (Wildman–Crippen MR) is 82.4 cm³/mol.